The van der Waals surface area contributed by atoms with Gasteiger partial charge in [0.1, 0.15) is 16.8 Å². The molecule has 4 aromatic heterocycles. The number of hydrogen-bond acceptors (Lipinski definition) is 4. The van der Waals surface area contributed by atoms with E-state index in [2.05, 4.69) is 162 Å². The van der Waals surface area contributed by atoms with E-state index >= 15 is 0 Å². The standard InChI is InChI=1S/C48H27N3OS/c1-3-13-28(14-4-1)31-24-26-38-37(27-31)40-33-19-9-10-20-34(33)47-41(35-21-11-12-22-39(35)53-47)44(40)51(38)48-49-42(30-16-5-2-6-17-30)46-43(50-48)36-25-23-29-15-7-8-18-32(29)45(36)52-46/h1-27H. The van der Waals surface area contributed by atoms with Gasteiger partial charge in [-0.3, -0.25) is 4.57 Å². The first kappa shape index (κ1) is 28.8. The van der Waals surface area contributed by atoms with Gasteiger partial charge in [-0.2, -0.15) is 0 Å². The maximum Gasteiger partial charge on any atom is 0.236 e. The van der Waals surface area contributed by atoms with Gasteiger partial charge in [-0.15, -0.1) is 11.3 Å². The van der Waals surface area contributed by atoms with Crippen molar-refractivity contribution in [3.8, 4) is 28.3 Å². The Balaban J connectivity index is 1.31. The molecule has 0 atom stereocenters. The maximum atomic E-state index is 6.80. The highest BCUT2D eigenvalue weighted by molar-refractivity contribution is 7.27. The Hall–Kier alpha value is -6.82. The lowest BCUT2D eigenvalue weighted by atomic mass is 9.98. The first-order chi connectivity index (χ1) is 26.3. The van der Waals surface area contributed by atoms with Crippen LogP contribution in [0, 0.1) is 0 Å². The van der Waals surface area contributed by atoms with Crippen molar-refractivity contribution in [2.75, 3.05) is 0 Å². The minimum Gasteiger partial charge on any atom is -0.451 e. The first-order valence-electron chi connectivity index (χ1n) is 17.8. The number of benzene rings is 8. The van der Waals surface area contributed by atoms with E-state index in [0.717, 1.165) is 49.5 Å². The molecule has 0 fully saturated rings. The fraction of sp³-hybridized carbons (Fsp3) is 0. The summed E-state index contributed by atoms with van der Waals surface area (Å²) >= 11 is 1.86. The summed E-state index contributed by atoms with van der Waals surface area (Å²) in [6.45, 7) is 0. The Labute approximate surface area is 306 Å². The number of fused-ring (bicyclic) bond motifs is 15. The highest BCUT2D eigenvalue weighted by Gasteiger charge is 2.26. The van der Waals surface area contributed by atoms with Crippen LogP contribution in [0.15, 0.2) is 168 Å². The van der Waals surface area contributed by atoms with E-state index in [4.69, 9.17) is 14.4 Å². The predicted molar refractivity (Wildman–Crippen MR) is 222 cm³/mol. The number of thiophene rings is 1. The molecule has 0 aliphatic heterocycles. The molecule has 12 rings (SSSR count). The van der Waals surface area contributed by atoms with Gasteiger partial charge in [-0.1, -0.05) is 140 Å². The van der Waals surface area contributed by atoms with Gasteiger partial charge in [0.15, 0.2) is 5.58 Å². The van der Waals surface area contributed by atoms with E-state index in [9.17, 15) is 0 Å². The molecule has 0 N–H and O–H groups in total. The van der Waals surface area contributed by atoms with E-state index in [1.165, 1.54) is 52.8 Å². The summed E-state index contributed by atoms with van der Waals surface area (Å²) in [5.74, 6) is 0.617. The zero-order valence-corrected chi connectivity index (χ0v) is 29.1. The molecule has 8 aromatic carbocycles. The molecular weight excluding hydrogens is 667 g/mol. The average Bonchev–Trinajstić information content (AvgIpc) is 3.91. The van der Waals surface area contributed by atoms with E-state index in [-0.39, 0.29) is 0 Å². The van der Waals surface area contributed by atoms with Crippen molar-refractivity contribution in [3.05, 3.63) is 164 Å². The molecule has 0 saturated heterocycles. The number of nitrogens with zero attached hydrogens (tertiary/aromatic N) is 3. The zero-order chi connectivity index (χ0) is 34.6. The molecule has 0 aliphatic rings. The average molecular weight is 694 g/mol. The number of rotatable bonds is 3. The van der Waals surface area contributed by atoms with Crippen LogP contribution in [-0.2, 0) is 0 Å². The number of hydrogen-bond donors (Lipinski definition) is 0. The lowest BCUT2D eigenvalue weighted by molar-refractivity contribution is 0.670. The highest BCUT2D eigenvalue weighted by Crippen LogP contribution is 2.48. The molecule has 53 heavy (non-hydrogen) atoms. The Morgan fingerprint density at radius 3 is 2.00 bits per heavy atom. The van der Waals surface area contributed by atoms with Gasteiger partial charge >= 0.3 is 0 Å². The largest absolute Gasteiger partial charge is 0.451 e. The van der Waals surface area contributed by atoms with Crippen LogP contribution in [0.1, 0.15) is 0 Å². The molecule has 246 valence electrons. The smallest absolute Gasteiger partial charge is 0.236 e. The third-order valence-electron chi connectivity index (χ3n) is 10.8. The van der Waals surface area contributed by atoms with Gasteiger partial charge in [0.05, 0.1) is 11.0 Å². The van der Waals surface area contributed by atoms with Gasteiger partial charge in [0, 0.05) is 52.7 Å². The van der Waals surface area contributed by atoms with Crippen LogP contribution in [0.3, 0.4) is 0 Å². The monoisotopic (exact) mass is 693 g/mol. The summed E-state index contributed by atoms with van der Waals surface area (Å²) in [6.07, 6.45) is 0. The molecule has 0 aliphatic carbocycles. The van der Waals surface area contributed by atoms with Crippen molar-refractivity contribution >= 4 is 96.9 Å². The molecule has 0 bridgehead atoms. The van der Waals surface area contributed by atoms with E-state index in [0.29, 0.717) is 11.5 Å². The lowest BCUT2D eigenvalue weighted by Gasteiger charge is -2.11. The maximum absolute atomic E-state index is 6.80. The predicted octanol–water partition coefficient (Wildman–Crippen LogP) is 13.5. The van der Waals surface area contributed by atoms with Crippen LogP contribution in [0.4, 0.5) is 0 Å². The molecule has 4 nitrogen and oxygen atoms in total. The molecule has 5 heteroatoms. The molecular formula is C48H27N3OS. The fourth-order valence-corrected chi connectivity index (χ4v) is 9.68. The van der Waals surface area contributed by atoms with Crippen LogP contribution in [0.2, 0.25) is 0 Å². The van der Waals surface area contributed by atoms with Gasteiger partial charge < -0.3 is 4.42 Å². The van der Waals surface area contributed by atoms with Crippen LogP contribution in [-0.4, -0.2) is 14.5 Å². The van der Waals surface area contributed by atoms with Crippen molar-refractivity contribution in [3.63, 3.8) is 0 Å². The van der Waals surface area contributed by atoms with Gasteiger partial charge in [-0.25, -0.2) is 9.97 Å². The second kappa shape index (κ2) is 10.8. The van der Waals surface area contributed by atoms with Crippen molar-refractivity contribution in [2.45, 2.75) is 0 Å². The molecule has 0 radical (unpaired) electrons. The molecule has 4 heterocycles. The highest BCUT2D eigenvalue weighted by atomic mass is 32.1. The lowest BCUT2D eigenvalue weighted by Crippen LogP contribution is -2.03. The Morgan fingerprint density at radius 1 is 0.472 bits per heavy atom. The van der Waals surface area contributed by atoms with Gasteiger partial charge in [-0.05, 0) is 46.2 Å². The van der Waals surface area contributed by atoms with Gasteiger partial charge in [0.25, 0.3) is 0 Å². The molecule has 0 saturated carbocycles. The summed E-state index contributed by atoms with van der Waals surface area (Å²) < 4.78 is 11.7. The minimum absolute atomic E-state index is 0.617. The minimum atomic E-state index is 0.617. The van der Waals surface area contributed by atoms with Gasteiger partial charge in [0.2, 0.25) is 5.95 Å². The normalized spacial score (nSPS) is 12.2. The van der Waals surface area contributed by atoms with Crippen LogP contribution < -0.4 is 0 Å². The summed E-state index contributed by atoms with van der Waals surface area (Å²) in [7, 11) is 0. The van der Waals surface area contributed by atoms with Crippen molar-refractivity contribution in [2.24, 2.45) is 0 Å². The molecule has 12 aromatic rings. The fourth-order valence-electron chi connectivity index (χ4n) is 8.44. The van der Waals surface area contributed by atoms with Crippen LogP contribution in [0.25, 0.3) is 114 Å². The topological polar surface area (TPSA) is 43.9 Å². The summed E-state index contributed by atoms with van der Waals surface area (Å²) in [5.41, 5.74) is 8.61. The Kier molecular flexibility index (Phi) is 5.90. The van der Waals surface area contributed by atoms with Crippen molar-refractivity contribution < 1.29 is 4.42 Å². The second-order valence-electron chi connectivity index (χ2n) is 13.7. The Morgan fingerprint density at radius 2 is 1.17 bits per heavy atom. The summed E-state index contributed by atoms with van der Waals surface area (Å²) in [6, 6.07) is 58.1. The van der Waals surface area contributed by atoms with Crippen LogP contribution in [0.5, 0.6) is 0 Å². The zero-order valence-electron chi connectivity index (χ0n) is 28.2. The first-order valence-corrected chi connectivity index (χ1v) is 18.7. The number of aromatic nitrogens is 3. The van der Waals surface area contributed by atoms with E-state index in [1.54, 1.807) is 0 Å². The molecule has 0 spiro atoms. The quantitative estimate of drug-likeness (QED) is 0.185. The third-order valence-corrected chi connectivity index (χ3v) is 12.0. The number of furan rings is 1. The van der Waals surface area contributed by atoms with E-state index in [1.807, 2.05) is 17.4 Å². The Bertz CT molecular complexity index is 3450. The molecule has 0 amide bonds. The SMILES string of the molecule is c1ccc(-c2ccc3c(c2)c2c4ccccc4c4sc5ccccc5c4c2n3-c2nc(-c3ccccc3)c3oc4c5ccccc5ccc4c3n2)cc1. The van der Waals surface area contributed by atoms with Crippen molar-refractivity contribution in [1.29, 1.82) is 0 Å². The van der Waals surface area contributed by atoms with E-state index < -0.39 is 0 Å². The summed E-state index contributed by atoms with van der Waals surface area (Å²) in [5, 5.41) is 10.5. The van der Waals surface area contributed by atoms with Crippen molar-refractivity contribution in [1.82, 2.24) is 14.5 Å². The summed E-state index contributed by atoms with van der Waals surface area (Å²) in [4.78, 5) is 11.0. The van der Waals surface area contributed by atoms with Crippen LogP contribution >= 0.6 is 11.3 Å². The third kappa shape index (κ3) is 4.05. The molecule has 0 unspecified atom stereocenters. The second-order valence-corrected chi connectivity index (χ2v) is 14.7.